The lowest BCUT2D eigenvalue weighted by atomic mass is 10.0. The minimum Gasteiger partial charge on any atom is -0.382 e. The van der Waals surface area contributed by atoms with E-state index in [0.29, 0.717) is 6.04 Å². The van der Waals surface area contributed by atoms with E-state index >= 15 is 0 Å². The number of anilines is 1. The second kappa shape index (κ2) is 7.99. The highest BCUT2D eigenvalue weighted by Crippen LogP contribution is 2.17. The highest BCUT2D eigenvalue weighted by atomic mass is 16.2. The molecule has 0 bridgehead atoms. The highest BCUT2D eigenvalue weighted by molar-refractivity contribution is 5.73. The number of benzene rings is 1. The van der Waals surface area contributed by atoms with E-state index < -0.39 is 0 Å². The molecule has 0 unspecified atom stereocenters. The predicted molar refractivity (Wildman–Crippen MR) is 98.1 cm³/mol. The van der Waals surface area contributed by atoms with Gasteiger partial charge in [-0.3, -0.25) is 9.69 Å². The summed E-state index contributed by atoms with van der Waals surface area (Å²) in [5.74, 6) is 0.194. The molecule has 0 radical (unpaired) electrons. The van der Waals surface area contributed by atoms with Crippen molar-refractivity contribution in [2.45, 2.75) is 32.4 Å². The topological polar surface area (TPSA) is 38.8 Å². The van der Waals surface area contributed by atoms with E-state index in [-0.39, 0.29) is 5.91 Å². The van der Waals surface area contributed by atoms with Crippen molar-refractivity contribution in [3.05, 3.63) is 29.8 Å². The Morgan fingerprint density at radius 3 is 2.25 bits per heavy atom. The minimum atomic E-state index is 0.194. The van der Waals surface area contributed by atoms with Crippen LogP contribution < -0.4 is 5.32 Å². The normalized spacial score (nSPS) is 21.0. The van der Waals surface area contributed by atoms with E-state index in [4.69, 9.17) is 0 Å². The van der Waals surface area contributed by atoms with Gasteiger partial charge < -0.3 is 15.1 Å². The molecule has 132 valence electrons. The van der Waals surface area contributed by atoms with Crippen LogP contribution in [-0.4, -0.2) is 73.0 Å². The average molecular weight is 330 g/mol. The van der Waals surface area contributed by atoms with Crippen molar-refractivity contribution in [2.24, 2.45) is 0 Å². The van der Waals surface area contributed by atoms with Crippen LogP contribution in [0.3, 0.4) is 0 Å². The lowest BCUT2D eigenvalue weighted by molar-refractivity contribution is -0.130. The van der Waals surface area contributed by atoms with Crippen LogP contribution in [0.25, 0.3) is 0 Å². The monoisotopic (exact) mass is 330 g/mol. The molecule has 0 aliphatic carbocycles. The molecule has 3 rings (SSSR count). The van der Waals surface area contributed by atoms with E-state index in [1.54, 1.807) is 6.92 Å². The highest BCUT2D eigenvalue weighted by Gasteiger charge is 2.19. The van der Waals surface area contributed by atoms with Crippen molar-refractivity contribution < 1.29 is 4.79 Å². The van der Waals surface area contributed by atoms with E-state index in [1.807, 2.05) is 4.90 Å². The molecule has 5 heteroatoms. The van der Waals surface area contributed by atoms with Crippen LogP contribution in [0.5, 0.6) is 0 Å². The summed E-state index contributed by atoms with van der Waals surface area (Å²) in [5.41, 5.74) is 2.58. The number of carbonyl (C=O) groups excluding carboxylic acids is 1. The van der Waals surface area contributed by atoms with Crippen molar-refractivity contribution in [1.82, 2.24) is 14.7 Å². The molecule has 1 amide bonds. The molecule has 0 aromatic heterocycles. The molecule has 2 aliphatic heterocycles. The van der Waals surface area contributed by atoms with Gasteiger partial charge in [-0.25, -0.2) is 0 Å². The largest absolute Gasteiger partial charge is 0.382 e. The van der Waals surface area contributed by atoms with Crippen LogP contribution in [0, 0.1) is 0 Å². The van der Waals surface area contributed by atoms with Gasteiger partial charge in [0.15, 0.2) is 0 Å². The van der Waals surface area contributed by atoms with Crippen LogP contribution >= 0.6 is 0 Å². The maximum absolute atomic E-state index is 11.4. The molecule has 0 spiro atoms. The summed E-state index contributed by atoms with van der Waals surface area (Å²) < 4.78 is 0. The predicted octanol–water partition coefficient (Wildman–Crippen LogP) is 1.86. The number of hydrogen-bond acceptors (Lipinski definition) is 4. The van der Waals surface area contributed by atoms with Gasteiger partial charge in [-0.2, -0.15) is 0 Å². The van der Waals surface area contributed by atoms with Gasteiger partial charge in [0.1, 0.15) is 0 Å². The Hall–Kier alpha value is -1.59. The smallest absolute Gasteiger partial charge is 0.219 e. The molecule has 5 nitrogen and oxygen atoms in total. The van der Waals surface area contributed by atoms with Gasteiger partial charge in [0.25, 0.3) is 0 Å². The Bertz CT molecular complexity index is 529. The maximum atomic E-state index is 11.4. The van der Waals surface area contributed by atoms with Crippen LogP contribution in [0.4, 0.5) is 5.69 Å². The molecule has 24 heavy (non-hydrogen) atoms. The van der Waals surface area contributed by atoms with Crippen molar-refractivity contribution in [2.75, 3.05) is 51.6 Å². The fourth-order valence-corrected chi connectivity index (χ4v) is 3.57. The molecule has 2 fully saturated rings. The standard InChI is InChI=1S/C19H30N4O/c1-16(24)23-13-11-22(12-14-23)15-17-3-5-18(6-4-17)20-19-7-9-21(2)10-8-19/h3-6,19-20H,7-15H2,1-2H3. The molecular weight excluding hydrogens is 300 g/mol. The summed E-state index contributed by atoms with van der Waals surface area (Å²) >= 11 is 0. The Morgan fingerprint density at radius 1 is 1.04 bits per heavy atom. The SMILES string of the molecule is CC(=O)N1CCN(Cc2ccc(NC3CCN(C)CC3)cc2)CC1. The zero-order valence-electron chi connectivity index (χ0n) is 15.0. The molecule has 1 N–H and O–H groups in total. The second-order valence-corrected chi connectivity index (χ2v) is 7.20. The number of carbonyl (C=O) groups is 1. The zero-order chi connectivity index (χ0) is 16.9. The molecule has 2 saturated heterocycles. The summed E-state index contributed by atoms with van der Waals surface area (Å²) in [6.45, 7) is 8.64. The second-order valence-electron chi connectivity index (χ2n) is 7.20. The maximum Gasteiger partial charge on any atom is 0.219 e. The third-order valence-electron chi connectivity index (χ3n) is 5.27. The van der Waals surface area contributed by atoms with Gasteiger partial charge in [0, 0.05) is 51.4 Å². The van der Waals surface area contributed by atoms with E-state index in [9.17, 15) is 4.79 Å². The molecule has 2 aliphatic rings. The van der Waals surface area contributed by atoms with Crippen LogP contribution in [0.1, 0.15) is 25.3 Å². The third kappa shape index (κ3) is 4.71. The molecule has 2 heterocycles. The molecule has 1 aromatic carbocycles. The van der Waals surface area contributed by atoms with Gasteiger partial charge in [0.05, 0.1) is 0 Å². The third-order valence-corrected chi connectivity index (χ3v) is 5.27. The minimum absolute atomic E-state index is 0.194. The van der Waals surface area contributed by atoms with Crippen molar-refractivity contribution in [1.29, 1.82) is 0 Å². The van der Waals surface area contributed by atoms with E-state index in [2.05, 4.69) is 46.4 Å². The molecular formula is C19H30N4O. The number of amides is 1. The lowest BCUT2D eigenvalue weighted by Crippen LogP contribution is -2.47. The van der Waals surface area contributed by atoms with Gasteiger partial charge >= 0.3 is 0 Å². The molecule has 0 saturated carbocycles. The number of rotatable bonds is 4. The summed E-state index contributed by atoms with van der Waals surface area (Å²) in [4.78, 5) is 18.1. The van der Waals surface area contributed by atoms with Crippen molar-refractivity contribution in [3.63, 3.8) is 0 Å². The number of likely N-dealkylation sites (tertiary alicyclic amines) is 1. The molecule has 1 aromatic rings. The fourth-order valence-electron chi connectivity index (χ4n) is 3.57. The quantitative estimate of drug-likeness (QED) is 0.915. The number of nitrogens with zero attached hydrogens (tertiary/aromatic N) is 3. The van der Waals surface area contributed by atoms with Crippen LogP contribution in [-0.2, 0) is 11.3 Å². The summed E-state index contributed by atoms with van der Waals surface area (Å²) in [6.07, 6.45) is 2.44. The van der Waals surface area contributed by atoms with Crippen LogP contribution in [0.15, 0.2) is 24.3 Å². The Labute approximate surface area is 145 Å². The van der Waals surface area contributed by atoms with Crippen molar-refractivity contribution >= 4 is 11.6 Å². The first-order valence-electron chi connectivity index (χ1n) is 9.12. The first kappa shape index (κ1) is 17.2. The Kier molecular flexibility index (Phi) is 5.74. The van der Waals surface area contributed by atoms with E-state index in [0.717, 1.165) is 32.7 Å². The lowest BCUT2D eigenvalue weighted by Gasteiger charge is -2.34. The fraction of sp³-hybridized carbons (Fsp3) is 0.632. The Morgan fingerprint density at radius 2 is 1.67 bits per heavy atom. The number of hydrogen-bond donors (Lipinski definition) is 1. The van der Waals surface area contributed by atoms with E-state index in [1.165, 1.54) is 37.2 Å². The molecule has 0 atom stereocenters. The summed E-state index contributed by atoms with van der Waals surface area (Å²) in [5, 5.41) is 3.67. The number of piperazine rings is 1. The zero-order valence-corrected chi connectivity index (χ0v) is 15.0. The number of piperidine rings is 1. The van der Waals surface area contributed by atoms with Gasteiger partial charge in [-0.05, 0) is 50.7 Å². The van der Waals surface area contributed by atoms with Gasteiger partial charge in [-0.1, -0.05) is 12.1 Å². The first-order valence-corrected chi connectivity index (χ1v) is 9.12. The van der Waals surface area contributed by atoms with Gasteiger partial charge in [-0.15, -0.1) is 0 Å². The summed E-state index contributed by atoms with van der Waals surface area (Å²) in [6, 6.07) is 9.48. The van der Waals surface area contributed by atoms with Crippen LogP contribution in [0.2, 0.25) is 0 Å². The van der Waals surface area contributed by atoms with Crippen molar-refractivity contribution in [3.8, 4) is 0 Å². The first-order chi connectivity index (χ1) is 11.6. The van der Waals surface area contributed by atoms with Gasteiger partial charge in [0.2, 0.25) is 5.91 Å². The summed E-state index contributed by atoms with van der Waals surface area (Å²) in [7, 11) is 2.20. The Balaban J connectivity index is 1.46. The average Bonchev–Trinajstić information content (AvgIpc) is 2.59. The number of nitrogens with one attached hydrogen (secondary N) is 1.